The van der Waals surface area contributed by atoms with Crippen molar-refractivity contribution < 1.29 is 14.3 Å². The van der Waals surface area contributed by atoms with Crippen LogP contribution in [0.5, 0.6) is 11.5 Å². The first-order valence-electron chi connectivity index (χ1n) is 10.1. The molecule has 5 nitrogen and oxygen atoms in total. The number of aromatic nitrogens is 1. The maximum absolute atomic E-state index is 12.6. The van der Waals surface area contributed by atoms with Gasteiger partial charge < -0.3 is 14.8 Å². The number of anilines is 1. The molecule has 1 heterocycles. The van der Waals surface area contributed by atoms with Crippen LogP contribution in [0.1, 0.15) is 11.1 Å². The van der Waals surface area contributed by atoms with Gasteiger partial charge in [-0.3, -0.25) is 4.79 Å². The van der Waals surface area contributed by atoms with E-state index >= 15 is 0 Å². The molecule has 0 bridgehead atoms. The molecule has 31 heavy (non-hydrogen) atoms. The number of nitrogens with one attached hydrogen (secondary N) is 1. The molecule has 0 unspecified atom stereocenters. The first-order chi connectivity index (χ1) is 15.0. The van der Waals surface area contributed by atoms with Gasteiger partial charge in [-0.15, -0.1) is 0 Å². The van der Waals surface area contributed by atoms with E-state index in [0.29, 0.717) is 5.75 Å². The summed E-state index contributed by atoms with van der Waals surface area (Å²) in [5.41, 5.74) is 5.32. The van der Waals surface area contributed by atoms with E-state index in [-0.39, 0.29) is 12.5 Å². The molecule has 1 N–H and O–H groups in total. The summed E-state index contributed by atoms with van der Waals surface area (Å²) < 4.78 is 11.3. The van der Waals surface area contributed by atoms with E-state index in [2.05, 4.69) is 5.32 Å². The SMILES string of the molecule is COc1cccc(-c2cc(OCC(=O)Nc3c(C)cccc3C)c3ccccc3n2)c1. The Morgan fingerprint density at radius 2 is 1.68 bits per heavy atom. The zero-order chi connectivity index (χ0) is 21.8. The topological polar surface area (TPSA) is 60.5 Å². The normalized spacial score (nSPS) is 10.7. The number of para-hydroxylation sites is 2. The molecule has 5 heteroatoms. The number of pyridine rings is 1. The van der Waals surface area contributed by atoms with Gasteiger partial charge >= 0.3 is 0 Å². The van der Waals surface area contributed by atoms with Gasteiger partial charge in [0.25, 0.3) is 5.91 Å². The van der Waals surface area contributed by atoms with Crippen LogP contribution < -0.4 is 14.8 Å². The van der Waals surface area contributed by atoms with E-state index in [1.54, 1.807) is 7.11 Å². The lowest BCUT2D eigenvalue weighted by Gasteiger charge is -2.14. The predicted octanol–water partition coefficient (Wildman–Crippen LogP) is 5.54. The largest absolute Gasteiger partial charge is 0.497 e. The van der Waals surface area contributed by atoms with E-state index < -0.39 is 0 Å². The van der Waals surface area contributed by atoms with Crippen molar-refractivity contribution >= 4 is 22.5 Å². The number of carbonyl (C=O) groups excluding carboxylic acids is 1. The summed E-state index contributed by atoms with van der Waals surface area (Å²) >= 11 is 0. The third kappa shape index (κ3) is 4.51. The van der Waals surface area contributed by atoms with E-state index in [4.69, 9.17) is 14.5 Å². The molecule has 0 aliphatic rings. The summed E-state index contributed by atoms with van der Waals surface area (Å²) in [5.74, 6) is 1.16. The molecule has 0 atom stereocenters. The van der Waals surface area contributed by atoms with E-state index in [0.717, 1.165) is 44.7 Å². The summed E-state index contributed by atoms with van der Waals surface area (Å²) in [4.78, 5) is 17.4. The van der Waals surface area contributed by atoms with Crippen LogP contribution in [0.25, 0.3) is 22.2 Å². The van der Waals surface area contributed by atoms with Gasteiger partial charge in [-0.1, -0.05) is 42.5 Å². The summed E-state index contributed by atoms with van der Waals surface area (Å²) in [6.45, 7) is 3.85. The van der Waals surface area contributed by atoms with Gasteiger partial charge in [-0.2, -0.15) is 0 Å². The molecule has 3 aromatic carbocycles. The van der Waals surface area contributed by atoms with E-state index in [1.165, 1.54) is 0 Å². The zero-order valence-corrected chi connectivity index (χ0v) is 17.8. The number of benzene rings is 3. The highest BCUT2D eigenvalue weighted by atomic mass is 16.5. The van der Waals surface area contributed by atoms with Crippen molar-refractivity contribution in [1.82, 2.24) is 4.98 Å². The van der Waals surface area contributed by atoms with Crippen LogP contribution in [-0.4, -0.2) is 24.6 Å². The average molecular weight is 412 g/mol. The monoisotopic (exact) mass is 412 g/mol. The highest BCUT2D eigenvalue weighted by Crippen LogP contribution is 2.31. The fourth-order valence-electron chi connectivity index (χ4n) is 3.52. The fraction of sp³-hybridized carbons (Fsp3) is 0.154. The standard InChI is InChI=1S/C26H24N2O3/c1-17-8-6-9-18(2)26(17)28-25(29)16-31-24-15-23(19-10-7-11-20(14-19)30-3)27-22-13-5-4-12-21(22)24/h4-15H,16H2,1-3H3,(H,28,29). The van der Waals surface area contributed by atoms with Crippen molar-refractivity contribution in [1.29, 1.82) is 0 Å². The van der Waals surface area contributed by atoms with Crippen molar-refractivity contribution in [3.05, 3.63) is 83.9 Å². The molecule has 4 aromatic rings. The Labute approximate surface area is 181 Å². The van der Waals surface area contributed by atoms with Gasteiger partial charge in [0.05, 0.1) is 18.3 Å². The molecule has 0 saturated heterocycles. The first kappa shape index (κ1) is 20.4. The van der Waals surface area contributed by atoms with Gasteiger partial charge in [0.2, 0.25) is 0 Å². The number of rotatable bonds is 6. The maximum Gasteiger partial charge on any atom is 0.262 e. The Bertz CT molecular complexity index is 1230. The highest BCUT2D eigenvalue weighted by Gasteiger charge is 2.12. The predicted molar refractivity (Wildman–Crippen MR) is 124 cm³/mol. The number of hydrogen-bond acceptors (Lipinski definition) is 4. The van der Waals surface area contributed by atoms with Crippen molar-refractivity contribution in [2.75, 3.05) is 19.0 Å². The quantitative estimate of drug-likeness (QED) is 0.451. The smallest absolute Gasteiger partial charge is 0.262 e. The number of carbonyl (C=O) groups is 1. The Balaban J connectivity index is 1.61. The summed E-state index contributed by atoms with van der Waals surface area (Å²) in [6, 6.07) is 23.2. The first-order valence-corrected chi connectivity index (χ1v) is 10.1. The molecule has 1 aromatic heterocycles. The molecule has 1 amide bonds. The third-order valence-electron chi connectivity index (χ3n) is 5.15. The minimum atomic E-state index is -0.207. The minimum Gasteiger partial charge on any atom is -0.497 e. The zero-order valence-electron chi connectivity index (χ0n) is 17.8. The number of methoxy groups -OCH3 is 1. The minimum absolute atomic E-state index is 0.0979. The Kier molecular flexibility index (Phi) is 5.85. The van der Waals surface area contributed by atoms with E-state index in [1.807, 2.05) is 86.6 Å². The summed E-state index contributed by atoms with van der Waals surface area (Å²) in [7, 11) is 1.64. The van der Waals surface area contributed by atoms with Crippen LogP contribution in [0.4, 0.5) is 5.69 Å². The molecule has 0 radical (unpaired) electrons. The second-order valence-electron chi connectivity index (χ2n) is 7.36. The van der Waals surface area contributed by atoms with Gasteiger partial charge in [-0.05, 0) is 49.2 Å². The lowest BCUT2D eigenvalue weighted by atomic mass is 10.1. The summed E-state index contributed by atoms with van der Waals surface area (Å²) in [5, 5.41) is 3.82. The van der Waals surface area contributed by atoms with Crippen LogP contribution >= 0.6 is 0 Å². The molecule has 0 aliphatic carbocycles. The number of nitrogens with zero attached hydrogens (tertiary/aromatic N) is 1. The number of aryl methyl sites for hydroxylation is 2. The average Bonchev–Trinajstić information content (AvgIpc) is 2.80. The second kappa shape index (κ2) is 8.88. The van der Waals surface area contributed by atoms with Crippen LogP contribution in [0.2, 0.25) is 0 Å². The van der Waals surface area contributed by atoms with Gasteiger partial charge in [-0.25, -0.2) is 4.98 Å². The number of hydrogen-bond donors (Lipinski definition) is 1. The Morgan fingerprint density at radius 1 is 0.935 bits per heavy atom. The Hall–Kier alpha value is -3.86. The van der Waals surface area contributed by atoms with Crippen molar-refractivity contribution in [2.24, 2.45) is 0 Å². The van der Waals surface area contributed by atoms with Gasteiger partial charge in [0.1, 0.15) is 11.5 Å². The molecule has 0 fully saturated rings. The number of amides is 1. The maximum atomic E-state index is 12.6. The third-order valence-corrected chi connectivity index (χ3v) is 5.15. The lowest BCUT2D eigenvalue weighted by molar-refractivity contribution is -0.118. The molecular weight excluding hydrogens is 388 g/mol. The number of fused-ring (bicyclic) bond motifs is 1. The lowest BCUT2D eigenvalue weighted by Crippen LogP contribution is -2.21. The second-order valence-corrected chi connectivity index (χ2v) is 7.36. The van der Waals surface area contributed by atoms with Crippen molar-refractivity contribution in [3.8, 4) is 22.8 Å². The molecule has 4 rings (SSSR count). The molecule has 0 spiro atoms. The van der Waals surface area contributed by atoms with Gasteiger partial charge in [0, 0.05) is 22.7 Å². The molecule has 156 valence electrons. The Morgan fingerprint density at radius 3 is 2.45 bits per heavy atom. The fourth-order valence-corrected chi connectivity index (χ4v) is 3.52. The molecule has 0 aliphatic heterocycles. The van der Waals surface area contributed by atoms with Crippen molar-refractivity contribution in [2.45, 2.75) is 13.8 Å². The highest BCUT2D eigenvalue weighted by molar-refractivity contribution is 5.94. The van der Waals surface area contributed by atoms with Crippen LogP contribution in [0.15, 0.2) is 72.8 Å². The van der Waals surface area contributed by atoms with Crippen LogP contribution in [-0.2, 0) is 4.79 Å². The van der Waals surface area contributed by atoms with Gasteiger partial charge in [0.15, 0.2) is 6.61 Å². The van der Waals surface area contributed by atoms with Crippen LogP contribution in [0, 0.1) is 13.8 Å². The number of ether oxygens (including phenoxy) is 2. The summed E-state index contributed by atoms with van der Waals surface area (Å²) in [6.07, 6.45) is 0. The van der Waals surface area contributed by atoms with Crippen LogP contribution in [0.3, 0.4) is 0 Å². The van der Waals surface area contributed by atoms with Crippen molar-refractivity contribution in [3.63, 3.8) is 0 Å². The van der Waals surface area contributed by atoms with E-state index in [9.17, 15) is 4.79 Å². The molecule has 0 saturated carbocycles. The molecular formula is C26H24N2O3.